The van der Waals surface area contributed by atoms with Gasteiger partial charge < -0.3 is 10.5 Å². The summed E-state index contributed by atoms with van der Waals surface area (Å²) >= 11 is 1.18. The Hall–Kier alpha value is -2.40. The number of aromatic nitrogens is 2. The zero-order valence-electron chi connectivity index (χ0n) is 9.98. The van der Waals surface area contributed by atoms with E-state index < -0.39 is 0 Å². The van der Waals surface area contributed by atoms with Crippen LogP contribution in [-0.4, -0.2) is 9.36 Å². The Labute approximate surface area is 114 Å². The number of para-hydroxylation sites is 1. The van der Waals surface area contributed by atoms with E-state index in [1.165, 1.54) is 11.5 Å². The molecular formula is C14H11N3OS. The summed E-state index contributed by atoms with van der Waals surface area (Å²) in [6.07, 6.45) is 0. The lowest BCUT2D eigenvalue weighted by Crippen LogP contribution is -1.86. The van der Waals surface area contributed by atoms with Gasteiger partial charge in [0.05, 0.1) is 0 Å². The van der Waals surface area contributed by atoms with Crippen LogP contribution in [0.2, 0.25) is 0 Å². The van der Waals surface area contributed by atoms with Gasteiger partial charge in [-0.2, -0.15) is 9.36 Å². The van der Waals surface area contributed by atoms with Gasteiger partial charge in [0.15, 0.2) is 11.0 Å². The first-order valence-electron chi connectivity index (χ1n) is 5.74. The van der Waals surface area contributed by atoms with Gasteiger partial charge in [0.1, 0.15) is 11.5 Å². The van der Waals surface area contributed by atoms with Gasteiger partial charge in [-0.25, -0.2) is 0 Å². The number of benzene rings is 2. The van der Waals surface area contributed by atoms with Crippen molar-refractivity contribution >= 4 is 16.7 Å². The van der Waals surface area contributed by atoms with Crippen LogP contribution in [0.15, 0.2) is 54.6 Å². The average molecular weight is 269 g/mol. The van der Waals surface area contributed by atoms with Crippen molar-refractivity contribution in [1.29, 1.82) is 0 Å². The van der Waals surface area contributed by atoms with Crippen molar-refractivity contribution < 1.29 is 4.74 Å². The third-order valence-electron chi connectivity index (χ3n) is 2.51. The molecule has 0 spiro atoms. The fourth-order valence-electron chi connectivity index (χ4n) is 1.68. The Morgan fingerprint density at radius 1 is 0.947 bits per heavy atom. The molecule has 0 aliphatic heterocycles. The largest absolute Gasteiger partial charge is 0.457 e. The highest BCUT2D eigenvalue weighted by Gasteiger charge is 2.06. The van der Waals surface area contributed by atoms with Crippen molar-refractivity contribution in [3.63, 3.8) is 0 Å². The summed E-state index contributed by atoms with van der Waals surface area (Å²) in [5.74, 6) is 2.17. The van der Waals surface area contributed by atoms with Crippen molar-refractivity contribution in [2.75, 3.05) is 5.73 Å². The van der Waals surface area contributed by atoms with E-state index in [0.717, 1.165) is 17.1 Å². The fourth-order valence-corrected chi connectivity index (χ4v) is 2.13. The molecule has 0 bridgehead atoms. The van der Waals surface area contributed by atoms with Crippen molar-refractivity contribution in [2.45, 2.75) is 0 Å². The number of nitrogen functional groups attached to an aromatic ring is 1. The first kappa shape index (κ1) is 11.7. The van der Waals surface area contributed by atoms with Crippen LogP contribution in [0.5, 0.6) is 11.5 Å². The van der Waals surface area contributed by atoms with Gasteiger partial charge in [0.2, 0.25) is 0 Å². The van der Waals surface area contributed by atoms with Crippen LogP contribution in [-0.2, 0) is 0 Å². The minimum atomic E-state index is 0.462. The maximum atomic E-state index is 5.76. The molecule has 0 amide bonds. The molecule has 0 saturated heterocycles. The Morgan fingerprint density at radius 3 is 2.47 bits per heavy atom. The monoisotopic (exact) mass is 269 g/mol. The first-order valence-corrected chi connectivity index (χ1v) is 6.51. The van der Waals surface area contributed by atoms with Gasteiger partial charge >= 0.3 is 0 Å². The minimum absolute atomic E-state index is 0.462. The van der Waals surface area contributed by atoms with Crippen LogP contribution in [0.1, 0.15) is 0 Å². The number of hydrogen-bond acceptors (Lipinski definition) is 5. The molecule has 0 saturated carbocycles. The molecule has 0 aliphatic rings. The quantitative estimate of drug-likeness (QED) is 0.789. The Kier molecular flexibility index (Phi) is 3.12. The molecule has 1 heterocycles. The number of ether oxygens (including phenoxy) is 1. The molecule has 0 atom stereocenters. The Morgan fingerprint density at radius 2 is 1.74 bits per heavy atom. The summed E-state index contributed by atoms with van der Waals surface area (Å²) in [4.78, 5) is 4.16. The molecule has 0 unspecified atom stereocenters. The van der Waals surface area contributed by atoms with Crippen molar-refractivity contribution in [3.8, 4) is 22.9 Å². The van der Waals surface area contributed by atoms with E-state index in [1.807, 2.05) is 54.6 Å². The van der Waals surface area contributed by atoms with E-state index in [0.29, 0.717) is 11.0 Å². The molecule has 3 rings (SSSR count). The van der Waals surface area contributed by atoms with Gasteiger partial charge in [-0.1, -0.05) is 30.3 Å². The maximum Gasteiger partial charge on any atom is 0.200 e. The van der Waals surface area contributed by atoms with Gasteiger partial charge in [0, 0.05) is 17.1 Å². The minimum Gasteiger partial charge on any atom is -0.457 e. The van der Waals surface area contributed by atoms with Crippen molar-refractivity contribution in [3.05, 3.63) is 54.6 Å². The smallest absolute Gasteiger partial charge is 0.200 e. The maximum absolute atomic E-state index is 5.76. The summed E-state index contributed by atoms with van der Waals surface area (Å²) in [5, 5.41) is 0.462. The summed E-state index contributed by atoms with van der Waals surface area (Å²) in [6, 6.07) is 17.3. The van der Waals surface area contributed by atoms with E-state index in [9.17, 15) is 0 Å². The molecule has 19 heavy (non-hydrogen) atoms. The zero-order chi connectivity index (χ0) is 13.1. The lowest BCUT2D eigenvalue weighted by molar-refractivity contribution is 0.483. The Balaban J connectivity index is 1.88. The third-order valence-corrected chi connectivity index (χ3v) is 3.06. The molecule has 0 radical (unpaired) electrons. The Bertz CT molecular complexity index is 682. The molecule has 1 aromatic heterocycles. The fraction of sp³-hybridized carbons (Fsp3) is 0. The third kappa shape index (κ3) is 2.71. The van der Waals surface area contributed by atoms with Crippen LogP contribution in [0.3, 0.4) is 0 Å². The van der Waals surface area contributed by atoms with Crippen molar-refractivity contribution in [1.82, 2.24) is 9.36 Å². The van der Waals surface area contributed by atoms with Crippen LogP contribution in [0, 0.1) is 0 Å². The summed E-state index contributed by atoms with van der Waals surface area (Å²) in [7, 11) is 0. The molecule has 94 valence electrons. The number of anilines is 1. The van der Waals surface area contributed by atoms with E-state index in [2.05, 4.69) is 9.36 Å². The number of rotatable bonds is 3. The molecule has 5 heteroatoms. The summed E-state index contributed by atoms with van der Waals surface area (Å²) < 4.78 is 9.95. The highest BCUT2D eigenvalue weighted by molar-refractivity contribution is 7.09. The van der Waals surface area contributed by atoms with Crippen molar-refractivity contribution in [2.24, 2.45) is 0 Å². The molecular weight excluding hydrogens is 258 g/mol. The second-order valence-corrected chi connectivity index (χ2v) is 4.68. The molecule has 0 fully saturated rings. The molecule has 0 aliphatic carbocycles. The number of nitrogens with zero attached hydrogens (tertiary/aromatic N) is 2. The van der Waals surface area contributed by atoms with Gasteiger partial charge in [-0.15, -0.1) is 0 Å². The second kappa shape index (κ2) is 5.07. The normalized spacial score (nSPS) is 10.3. The molecule has 2 N–H and O–H groups in total. The van der Waals surface area contributed by atoms with E-state index in [1.54, 1.807) is 0 Å². The predicted octanol–water partition coefficient (Wildman–Crippen LogP) is 3.58. The van der Waals surface area contributed by atoms with Crippen LogP contribution < -0.4 is 10.5 Å². The lowest BCUT2D eigenvalue weighted by Gasteiger charge is -2.06. The predicted molar refractivity (Wildman–Crippen MR) is 76.3 cm³/mol. The van der Waals surface area contributed by atoms with Crippen LogP contribution >= 0.6 is 11.5 Å². The van der Waals surface area contributed by atoms with Gasteiger partial charge in [-0.3, -0.25) is 0 Å². The van der Waals surface area contributed by atoms with E-state index in [4.69, 9.17) is 10.5 Å². The first-order chi connectivity index (χ1) is 9.31. The molecule has 2 aromatic carbocycles. The molecule has 4 nitrogen and oxygen atoms in total. The highest BCUT2D eigenvalue weighted by Crippen LogP contribution is 2.26. The number of hydrogen-bond donors (Lipinski definition) is 1. The average Bonchev–Trinajstić information content (AvgIpc) is 2.87. The SMILES string of the molecule is Nc1nc(-c2cccc(Oc3ccccc3)c2)ns1. The van der Waals surface area contributed by atoms with E-state index >= 15 is 0 Å². The van der Waals surface area contributed by atoms with Crippen LogP contribution in [0.25, 0.3) is 11.4 Å². The standard InChI is InChI=1S/C14H11N3OS/c15-14-16-13(17-19-14)10-5-4-8-12(9-10)18-11-6-2-1-3-7-11/h1-9H,(H2,15,16,17). The summed E-state index contributed by atoms with van der Waals surface area (Å²) in [5.41, 5.74) is 6.48. The van der Waals surface area contributed by atoms with Gasteiger partial charge in [0.25, 0.3) is 0 Å². The summed E-state index contributed by atoms with van der Waals surface area (Å²) in [6.45, 7) is 0. The lowest BCUT2D eigenvalue weighted by atomic mass is 10.2. The molecule has 3 aromatic rings. The second-order valence-electron chi connectivity index (χ2n) is 3.90. The number of nitrogens with two attached hydrogens (primary N) is 1. The van der Waals surface area contributed by atoms with E-state index in [-0.39, 0.29) is 0 Å². The topological polar surface area (TPSA) is 61.0 Å². The zero-order valence-corrected chi connectivity index (χ0v) is 10.8. The highest BCUT2D eigenvalue weighted by atomic mass is 32.1. The van der Waals surface area contributed by atoms with Crippen LogP contribution in [0.4, 0.5) is 5.13 Å². The van der Waals surface area contributed by atoms with Gasteiger partial charge in [-0.05, 0) is 24.3 Å².